The molecule has 0 atom stereocenters. The fourth-order valence-electron chi connectivity index (χ4n) is 1.92. The van der Waals surface area contributed by atoms with Crippen LogP contribution in [0.2, 0.25) is 0 Å². The van der Waals surface area contributed by atoms with Crippen molar-refractivity contribution in [3.63, 3.8) is 0 Å². The number of para-hydroxylation sites is 1. The maximum absolute atomic E-state index is 14.1. The third-order valence-corrected chi connectivity index (χ3v) is 3.27. The van der Waals surface area contributed by atoms with E-state index in [4.69, 9.17) is 16.3 Å². The van der Waals surface area contributed by atoms with Crippen LogP contribution in [-0.2, 0) is 11.3 Å². The van der Waals surface area contributed by atoms with Gasteiger partial charge in [0.05, 0.1) is 5.88 Å². The Kier molecular flexibility index (Phi) is 4.29. The zero-order valence-electron chi connectivity index (χ0n) is 11.8. The Morgan fingerprint density at radius 1 is 1.20 bits per heavy atom. The summed E-state index contributed by atoms with van der Waals surface area (Å²) < 4.78 is 19.8. The van der Waals surface area contributed by atoms with Crippen molar-refractivity contribution < 1.29 is 9.13 Å². The highest BCUT2D eigenvalue weighted by atomic mass is 35.5. The van der Waals surface area contributed by atoms with Gasteiger partial charge in [0.1, 0.15) is 5.75 Å². The molecular formula is C16H17ClFNO. The van der Waals surface area contributed by atoms with Gasteiger partial charge in [-0.05, 0) is 17.5 Å². The highest BCUT2D eigenvalue weighted by Crippen LogP contribution is 2.34. The topological polar surface area (TPSA) is 22.1 Å². The Hall–Kier alpha value is -1.61. The summed E-state index contributed by atoms with van der Waals surface area (Å²) in [6, 6.07) is 9.12. The van der Waals surface area contributed by atoms with Crippen LogP contribution in [0.15, 0.2) is 36.5 Å². The molecule has 0 saturated heterocycles. The first kappa shape index (κ1) is 14.8. The van der Waals surface area contributed by atoms with Crippen LogP contribution in [-0.4, -0.2) is 4.98 Å². The lowest BCUT2D eigenvalue weighted by Gasteiger charge is -2.22. The lowest BCUT2D eigenvalue weighted by molar-refractivity contribution is 0.406. The number of hydrogen-bond donors (Lipinski definition) is 0. The molecule has 0 unspecified atom stereocenters. The van der Waals surface area contributed by atoms with Crippen LogP contribution in [0.4, 0.5) is 4.39 Å². The Labute approximate surface area is 123 Å². The van der Waals surface area contributed by atoms with Crippen molar-refractivity contribution in [1.29, 1.82) is 0 Å². The molecule has 0 aliphatic carbocycles. The molecule has 0 saturated carbocycles. The molecular weight excluding hydrogens is 277 g/mol. The van der Waals surface area contributed by atoms with Crippen LogP contribution >= 0.6 is 11.6 Å². The van der Waals surface area contributed by atoms with Crippen molar-refractivity contribution in [2.75, 3.05) is 0 Å². The van der Waals surface area contributed by atoms with E-state index in [1.165, 1.54) is 6.20 Å². The molecule has 0 aliphatic rings. The van der Waals surface area contributed by atoms with Crippen molar-refractivity contribution in [3.05, 3.63) is 53.5 Å². The van der Waals surface area contributed by atoms with Crippen molar-refractivity contribution in [3.8, 4) is 11.6 Å². The molecule has 0 spiro atoms. The van der Waals surface area contributed by atoms with Crippen molar-refractivity contribution >= 4 is 11.6 Å². The Bertz CT molecular complexity index is 608. The molecule has 4 heteroatoms. The summed E-state index contributed by atoms with van der Waals surface area (Å²) in [6.07, 6.45) is 1.50. The van der Waals surface area contributed by atoms with Gasteiger partial charge in [-0.1, -0.05) is 39.0 Å². The number of benzene rings is 1. The highest BCUT2D eigenvalue weighted by Gasteiger charge is 2.20. The maximum atomic E-state index is 14.1. The number of ether oxygens (including phenoxy) is 1. The van der Waals surface area contributed by atoms with E-state index < -0.39 is 5.82 Å². The van der Waals surface area contributed by atoms with Crippen LogP contribution in [0.1, 0.15) is 31.9 Å². The number of rotatable bonds is 3. The van der Waals surface area contributed by atoms with Crippen molar-refractivity contribution in [2.24, 2.45) is 0 Å². The second-order valence-electron chi connectivity index (χ2n) is 5.57. The Balaban J connectivity index is 2.41. The number of aromatic nitrogens is 1. The van der Waals surface area contributed by atoms with Gasteiger partial charge in [-0.3, -0.25) is 0 Å². The number of alkyl halides is 1. The van der Waals surface area contributed by atoms with Gasteiger partial charge < -0.3 is 4.74 Å². The van der Waals surface area contributed by atoms with E-state index >= 15 is 0 Å². The first-order valence-electron chi connectivity index (χ1n) is 6.40. The molecule has 20 heavy (non-hydrogen) atoms. The molecule has 0 radical (unpaired) electrons. The molecule has 2 rings (SSSR count). The monoisotopic (exact) mass is 293 g/mol. The predicted molar refractivity (Wildman–Crippen MR) is 79.0 cm³/mol. The Morgan fingerprint density at radius 2 is 1.90 bits per heavy atom. The van der Waals surface area contributed by atoms with E-state index in [2.05, 4.69) is 25.8 Å². The maximum Gasteiger partial charge on any atom is 0.256 e. The predicted octanol–water partition coefficient (Wildman–Crippen LogP) is 5.05. The molecule has 0 N–H and O–H groups in total. The average molecular weight is 294 g/mol. The van der Waals surface area contributed by atoms with E-state index in [1.807, 2.05) is 24.3 Å². The normalized spacial score (nSPS) is 11.4. The Morgan fingerprint density at radius 3 is 2.55 bits per heavy atom. The fourth-order valence-corrected chi connectivity index (χ4v) is 2.12. The molecule has 2 aromatic rings. The summed E-state index contributed by atoms with van der Waals surface area (Å²) in [5.74, 6) is 0.148. The van der Waals surface area contributed by atoms with E-state index in [9.17, 15) is 4.39 Å². The zero-order valence-corrected chi connectivity index (χ0v) is 12.5. The van der Waals surface area contributed by atoms with Gasteiger partial charge in [0, 0.05) is 17.3 Å². The molecule has 106 valence electrons. The van der Waals surface area contributed by atoms with Gasteiger partial charge in [-0.25, -0.2) is 9.37 Å². The van der Waals surface area contributed by atoms with Crippen LogP contribution < -0.4 is 4.74 Å². The van der Waals surface area contributed by atoms with Crippen LogP contribution in [0.3, 0.4) is 0 Å². The zero-order chi connectivity index (χ0) is 14.8. The summed E-state index contributed by atoms with van der Waals surface area (Å²) in [7, 11) is 0. The van der Waals surface area contributed by atoms with Gasteiger partial charge in [0.2, 0.25) is 0 Å². The first-order chi connectivity index (χ1) is 9.43. The minimum absolute atomic E-state index is 0.0418. The van der Waals surface area contributed by atoms with E-state index in [-0.39, 0.29) is 17.2 Å². The molecule has 0 bridgehead atoms. The fraction of sp³-hybridized carbons (Fsp3) is 0.312. The molecule has 1 aromatic heterocycles. The third-order valence-electron chi connectivity index (χ3n) is 2.98. The van der Waals surface area contributed by atoms with E-state index in [0.29, 0.717) is 11.3 Å². The molecule has 1 heterocycles. The smallest absolute Gasteiger partial charge is 0.256 e. The van der Waals surface area contributed by atoms with Crippen molar-refractivity contribution in [1.82, 2.24) is 4.98 Å². The summed E-state index contributed by atoms with van der Waals surface area (Å²) >= 11 is 5.69. The van der Waals surface area contributed by atoms with Gasteiger partial charge in [0.25, 0.3) is 5.88 Å². The molecule has 0 aliphatic heterocycles. The number of halogens is 2. The van der Waals surface area contributed by atoms with Gasteiger partial charge in [-0.15, -0.1) is 11.6 Å². The number of pyridine rings is 1. The second-order valence-corrected chi connectivity index (χ2v) is 5.84. The lowest BCUT2D eigenvalue weighted by Crippen LogP contribution is -2.12. The van der Waals surface area contributed by atoms with Gasteiger partial charge in [0.15, 0.2) is 5.82 Å². The number of nitrogens with zero attached hydrogens (tertiary/aromatic N) is 1. The van der Waals surface area contributed by atoms with Crippen molar-refractivity contribution in [2.45, 2.75) is 32.1 Å². The number of hydrogen-bond acceptors (Lipinski definition) is 2. The average Bonchev–Trinajstić information content (AvgIpc) is 2.40. The lowest BCUT2D eigenvalue weighted by atomic mass is 9.86. The molecule has 1 aromatic carbocycles. The molecule has 0 amide bonds. The van der Waals surface area contributed by atoms with Crippen LogP contribution in [0, 0.1) is 5.82 Å². The minimum Gasteiger partial charge on any atom is -0.436 e. The second kappa shape index (κ2) is 5.80. The molecule has 0 fully saturated rings. The summed E-state index contributed by atoms with van der Waals surface area (Å²) in [5, 5.41) is 0. The summed E-state index contributed by atoms with van der Waals surface area (Å²) in [5.41, 5.74) is 1.28. The largest absolute Gasteiger partial charge is 0.436 e. The van der Waals surface area contributed by atoms with Gasteiger partial charge >= 0.3 is 0 Å². The SMILES string of the molecule is CC(C)(C)c1ccccc1Oc1nccc(CCl)c1F. The minimum atomic E-state index is -0.508. The highest BCUT2D eigenvalue weighted by molar-refractivity contribution is 6.17. The van der Waals surface area contributed by atoms with E-state index in [0.717, 1.165) is 5.56 Å². The third kappa shape index (κ3) is 3.10. The first-order valence-corrected chi connectivity index (χ1v) is 6.93. The quantitative estimate of drug-likeness (QED) is 0.739. The van der Waals surface area contributed by atoms with Gasteiger partial charge in [-0.2, -0.15) is 0 Å². The van der Waals surface area contributed by atoms with Crippen LogP contribution in [0.5, 0.6) is 11.6 Å². The standard InChI is InChI=1S/C16H17ClFNO/c1-16(2,3)12-6-4-5-7-13(12)20-15-14(18)11(10-17)8-9-19-15/h4-9H,10H2,1-3H3. The molecule has 2 nitrogen and oxygen atoms in total. The summed E-state index contributed by atoms with van der Waals surface area (Å²) in [4.78, 5) is 3.95. The van der Waals surface area contributed by atoms with E-state index in [1.54, 1.807) is 6.07 Å². The van der Waals surface area contributed by atoms with Crippen LogP contribution in [0.25, 0.3) is 0 Å². The summed E-state index contributed by atoms with van der Waals surface area (Å²) in [6.45, 7) is 6.23.